The number of nitrogens with one attached hydrogen (secondary N) is 1. The summed E-state index contributed by atoms with van der Waals surface area (Å²) in [6, 6.07) is 15.0. The smallest absolute Gasteiger partial charge is 0.223 e. The van der Waals surface area contributed by atoms with Gasteiger partial charge in [0.2, 0.25) is 5.91 Å². The van der Waals surface area contributed by atoms with Gasteiger partial charge in [0.05, 0.1) is 0 Å². The molecule has 2 aliphatic rings. The Balaban J connectivity index is 1.40. The van der Waals surface area contributed by atoms with Crippen molar-refractivity contribution in [3.8, 4) is 11.1 Å². The minimum absolute atomic E-state index is 0.238. The molecule has 5 rings (SSSR count). The second-order valence-corrected chi connectivity index (χ2v) is 8.61. The van der Waals surface area contributed by atoms with Crippen LogP contribution in [-0.4, -0.2) is 10.9 Å². The third kappa shape index (κ3) is 2.99. The Morgan fingerprint density at radius 3 is 2.82 bits per heavy atom. The first-order valence-corrected chi connectivity index (χ1v) is 10.4. The molecule has 1 unspecified atom stereocenters. The third-order valence-electron chi connectivity index (χ3n) is 6.80. The molecule has 1 spiro atoms. The van der Waals surface area contributed by atoms with Crippen LogP contribution in [0.1, 0.15) is 43.2 Å². The number of fused-ring (bicyclic) bond motifs is 1. The number of amides is 1. The first-order chi connectivity index (χ1) is 13.7. The van der Waals surface area contributed by atoms with Crippen molar-refractivity contribution in [2.75, 3.05) is 0 Å². The molecule has 1 aromatic heterocycles. The molecule has 0 bridgehead atoms. The lowest BCUT2D eigenvalue weighted by Crippen LogP contribution is -2.26. The van der Waals surface area contributed by atoms with Gasteiger partial charge in [-0.2, -0.15) is 0 Å². The zero-order valence-corrected chi connectivity index (χ0v) is 16.4. The van der Waals surface area contributed by atoms with E-state index < -0.39 is 0 Å². The van der Waals surface area contributed by atoms with Gasteiger partial charge in [-0.3, -0.25) is 9.78 Å². The number of rotatable bonds is 4. The summed E-state index contributed by atoms with van der Waals surface area (Å²) < 4.78 is 0. The van der Waals surface area contributed by atoms with Crippen LogP contribution in [0.4, 0.5) is 0 Å². The highest BCUT2D eigenvalue weighted by Crippen LogP contribution is 2.62. The monoisotopic (exact) mass is 370 g/mol. The fourth-order valence-electron chi connectivity index (χ4n) is 5.12. The summed E-state index contributed by atoms with van der Waals surface area (Å²) in [5, 5.41) is 5.51. The average molecular weight is 370 g/mol. The van der Waals surface area contributed by atoms with Gasteiger partial charge < -0.3 is 5.32 Å². The number of hydrogen-bond donors (Lipinski definition) is 1. The largest absolute Gasteiger partial charge is 0.352 e. The highest BCUT2D eigenvalue weighted by atomic mass is 16.2. The van der Waals surface area contributed by atoms with E-state index in [1.165, 1.54) is 47.8 Å². The van der Waals surface area contributed by atoms with Crippen molar-refractivity contribution in [1.29, 1.82) is 0 Å². The standard InChI is InChI=1S/C25H26N2O/c1-17-5-4-6-18(13-17)20-8-7-19(22-16-26-12-9-21(20)22)15-27-24(28)23-14-25(23)10-2-3-11-25/h4-9,12-13,16,23H,2-3,10-11,14-15H2,1H3,(H,27,28). The van der Waals surface area contributed by atoms with E-state index in [-0.39, 0.29) is 11.8 Å². The minimum Gasteiger partial charge on any atom is -0.352 e. The van der Waals surface area contributed by atoms with E-state index in [9.17, 15) is 4.79 Å². The van der Waals surface area contributed by atoms with Crippen molar-refractivity contribution >= 4 is 16.7 Å². The molecular weight excluding hydrogens is 344 g/mol. The summed E-state index contributed by atoms with van der Waals surface area (Å²) in [6.07, 6.45) is 9.92. The second kappa shape index (κ2) is 6.73. The fourth-order valence-corrected chi connectivity index (χ4v) is 5.12. The van der Waals surface area contributed by atoms with Gasteiger partial charge in [0, 0.05) is 30.2 Å². The number of carbonyl (C=O) groups is 1. The van der Waals surface area contributed by atoms with Crippen LogP contribution in [0.5, 0.6) is 0 Å². The summed E-state index contributed by atoms with van der Waals surface area (Å²) >= 11 is 0. The van der Waals surface area contributed by atoms with Crippen molar-refractivity contribution in [3.63, 3.8) is 0 Å². The average Bonchev–Trinajstić information content (AvgIpc) is 3.22. The maximum atomic E-state index is 12.7. The van der Waals surface area contributed by atoms with Crippen molar-refractivity contribution in [3.05, 3.63) is 66.0 Å². The first kappa shape index (κ1) is 17.4. The van der Waals surface area contributed by atoms with Crippen LogP contribution in [-0.2, 0) is 11.3 Å². The van der Waals surface area contributed by atoms with Crippen LogP contribution < -0.4 is 5.32 Å². The quantitative estimate of drug-likeness (QED) is 0.667. The van der Waals surface area contributed by atoms with Crippen molar-refractivity contribution in [2.45, 2.75) is 45.6 Å². The summed E-state index contributed by atoms with van der Waals surface area (Å²) in [5.74, 6) is 0.479. The van der Waals surface area contributed by atoms with E-state index in [1.807, 2.05) is 12.4 Å². The van der Waals surface area contributed by atoms with Crippen LogP contribution in [0, 0.1) is 18.3 Å². The van der Waals surface area contributed by atoms with E-state index >= 15 is 0 Å². The van der Waals surface area contributed by atoms with Gasteiger partial charge in [-0.25, -0.2) is 0 Å². The Hall–Kier alpha value is -2.68. The van der Waals surface area contributed by atoms with Gasteiger partial charge in [-0.1, -0.05) is 54.8 Å². The third-order valence-corrected chi connectivity index (χ3v) is 6.80. The molecular formula is C25H26N2O. The molecule has 28 heavy (non-hydrogen) atoms. The molecule has 1 heterocycles. The zero-order valence-electron chi connectivity index (χ0n) is 16.4. The van der Waals surface area contributed by atoms with Crippen LogP contribution in [0.3, 0.4) is 0 Å². The molecule has 2 aliphatic carbocycles. The number of hydrogen-bond acceptors (Lipinski definition) is 2. The summed E-state index contributed by atoms with van der Waals surface area (Å²) in [7, 11) is 0. The van der Waals surface area contributed by atoms with Crippen LogP contribution in [0.25, 0.3) is 21.9 Å². The molecule has 1 N–H and O–H groups in total. The Labute approximate surface area is 166 Å². The predicted molar refractivity (Wildman–Crippen MR) is 113 cm³/mol. The lowest BCUT2D eigenvalue weighted by atomic mass is 9.95. The lowest BCUT2D eigenvalue weighted by molar-refractivity contribution is -0.123. The Morgan fingerprint density at radius 2 is 2.00 bits per heavy atom. The normalized spacial score (nSPS) is 19.8. The molecule has 3 heteroatoms. The van der Waals surface area contributed by atoms with E-state index in [0.29, 0.717) is 12.0 Å². The topological polar surface area (TPSA) is 42.0 Å². The van der Waals surface area contributed by atoms with Crippen LogP contribution >= 0.6 is 0 Å². The van der Waals surface area contributed by atoms with Crippen molar-refractivity contribution < 1.29 is 4.79 Å². The van der Waals surface area contributed by atoms with Crippen molar-refractivity contribution in [1.82, 2.24) is 10.3 Å². The SMILES string of the molecule is Cc1cccc(-c2ccc(CNC(=O)C3CC34CCCC4)c3cnccc23)c1. The number of aryl methyl sites for hydroxylation is 1. The summed E-state index contributed by atoms with van der Waals surface area (Å²) in [4.78, 5) is 17.0. The predicted octanol–water partition coefficient (Wildman–Crippen LogP) is 5.41. The maximum Gasteiger partial charge on any atom is 0.223 e. The molecule has 0 aliphatic heterocycles. The Morgan fingerprint density at radius 1 is 1.14 bits per heavy atom. The summed E-state index contributed by atoms with van der Waals surface area (Å²) in [5.41, 5.74) is 5.16. The number of nitrogens with zero attached hydrogens (tertiary/aromatic N) is 1. The highest BCUT2D eigenvalue weighted by Gasteiger charge is 2.58. The van der Waals surface area contributed by atoms with Gasteiger partial charge in [-0.05, 0) is 59.7 Å². The molecule has 0 saturated heterocycles. The van der Waals surface area contributed by atoms with Crippen LogP contribution in [0.15, 0.2) is 54.9 Å². The number of carbonyl (C=O) groups excluding carboxylic acids is 1. The molecule has 2 aromatic carbocycles. The fraction of sp³-hybridized carbons (Fsp3) is 0.360. The maximum absolute atomic E-state index is 12.7. The van der Waals surface area contributed by atoms with Gasteiger partial charge >= 0.3 is 0 Å². The molecule has 2 saturated carbocycles. The Kier molecular flexibility index (Phi) is 4.19. The van der Waals surface area contributed by atoms with E-state index in [2.05, 4.69) is 59.7 Å². The molecule has 3 aromatic rings. The number of benzene rings is 2. The van der Waals surface area contributed by atoms with Gasteiger partial charge in [0.15, 0.2) is 0 Å². The number of pyridine rings is 1. The van der Waals surface area contributed by atoms with E-state index in [4.69, 9.17) is 0 Å². The molecule has 2 fully saturated rings. The molecule has 3 nitrogen and oxygen atoms in total. The highest BCUT2D eigenvalue weighted by molar-refractivity contribution is 5.98. The zero-order chi connectivity index (χ0) is 19.1. The summed E-state index contributed by atoms with van der Waals surface area (Å²) in [6.45, 7) is 2.69. The molecule has 1 amide bonds. The van der Waals surface area contributed by atoms with Crippen LogP contribution in [0.2, 0.25) is 0 Å². The van der Waals surface area contributed by atoms with E-state index in [0.717, 1.165) is 17.4 Å². The molecule has 0 radical (unpaired) electrons. The lowest BCUT2D eigenvalue weighted by Gasteiger charge is -2.13. The Bertz CT molecular complexity index is 1050. The minimum atomic E-state index is 0.238. The molecule has 1 atom stereocenters. The van der Waals surface area contributed by atoms with Gasteiger partial charge in [-0.15, -0.1) is 0 Å². The first-order valence-electron chi connectivity index (χ1n) is 10.4. The molecule has 142 valence electrons. The van der Waals surface area contributed by atoms with Crippen molar-refractivity contribution in [2.24, 2.45) is 11.3 Å². The van der Waals surface area contributed by atoms with Gasteiger partial charge in [0.25, 0.3) is 0 Å². The van der Waals surface area contributed by atoms with E-state index in [1.54, 1.807) is 0 Å². The van der Waals surface area contributed by atoms with Gasteiger partial charge in [0.1, 0.15) is 0 Å². The second-order valence-electron chi connectivity index (χ2n) is 8.61. The number of aromatic nitrogens is 1.